The molecule has 3 nitrogen and oxygen atoms in total. The van der Waals surface area contributed by atoms with Gasteiger partial charge in [-0.2, -0.15) is 0 Å². The second-order valence-corrected chi connectivity index (χ2v) is 14.9. The van der Waals surface area contributed by atoms with Crippen LogP contribution in [-0.2, 0) is 10.8 Å². The van der Waals surface area contributed by atoms with Crippen LogP contribution in [0.15, 0.2) is 170 Å². The second-order valence-electron chi connectivity index (χ2n) is 14.9. The first-order valence-corrected chi connectivity index (χ1v) is 18.3. The molecule has 1 aliphatic heterocycles. The second kappa shape index (κ2) is 11.0. The highest BCUT2D eigenvalue weighted by atomic mass is 16.5. The van der Waals surface area contributed by atoms with Crippen LogP contribution >= 0.6 is 0 Å². The molecule has 0 atom stereocenters. The lowest BCUT2D eigenvalue weighted by Gasteiger charge is -2.41. The highest BCUT2D eigenvalue weighted by Crippen LogP contribution is 2.66. The number of fused-ring (bicyclic) bond motifs is 13. The van der Waals surface area contributed by atoms with Crippen molar-refractivity contribution < 1.29 is 4.74 Å². The van der Waals surface area contributed by atoms with E-state index in [0.29, 0.717) is 5.82 Å². The average molecular weight is 679 g/mol. The molecule has 0 bridgehead atoms. The van der Waals surface area contributed by atoms with Gasteiger partial charge < -0.3 is 4.74 Å². The maximum absolute atomic E-state index is 7.18. The molecule has 1 aromatic heterocycles. The fraction of sp³-hybridized carbons (Fsp3) is 0.0800. The van der Waals surface area contributed by atoms with Crippen LogP contribution in [0.1, 0.15) is 47.2 Å². The number of aromatic nitrogens is 2. The number of hydrogen-bond donors (Lipinski definition) is 0. The molecule has 3 aliphatic rings. The smallest absolute Gasteiger partial charge is 0.160 e. The first-order chi connectivity index (χ1) is 26.0. The molecule has 53 heavy (non-hydrogen) atoms. The zero-order chi connectivity index (χ0) is 35.3. The molecule has 0 amide bonds. The average Bonchev–Trinajstić information content (AvgIpc) is 3.64. The van der Waals surface area contributed by atoms with Crippen LogP contribution in [0.4, 0.5) is 0 Å². The Morgan fingerprint density at radius 1 is 0.434 bits per heavy atom. The highest BCUT2D eigenvalue weighted by Gasteiger charge is 2.53. The third-order valence-electron chi connectivity index (χ3n) is 11.8. The quantitative estimate of drug-likeness (QED) is 0.187. The summed E-state index contributed by atoms with van der Waals surface area (Å²) in [5.74, 6) is 2.57. The number of para-hydroxylation sites is 1. The summed E-state index contributed by atoms with van der Waals surface area (Å²) in [5, 5.41) is 0. The molecular formula is C50H34N2O. The topological polar surface area (TPSA) is 35.0 Å². The van der Waals surface area contributed by atoms with E-state index in [9.17, 15) is 0 Å². The minimum absolute atomic E-state index is 0.352. The number of benzene rings is 7. The summed E-state index contributed by atoms with van der Waals surface area (Å²) in [6.45, 7) is 4.69. The lowest BCUT2D eigenvalue weighted by Crippen LogP contribution is -2.33. The minimum Gasteiger partial charge on any atom is -0.456 e. The van der Waals surface area contributed by atoms with Gasteiger partial charge in [0.25, 0.3) is 0 Å². The van der Waals surface area contributed by atoms with E-state index in [1.807, 2.05) is 24.3 Å². The van der Waals surface area contributed by atoms with Crippen molar-refractivity contribution in [3.8, 4) is 67.7 Å². The first-order valence-electron chi connectivity index (χ1n) is 18.3. The number of hydrogen-bond acceptors (Lipinski definition) is 3. The summed E-state index contributed by atoms with van der Waals surface area (Å²) in [7, 11) is 0. The van der Waals surface area contributed by atoms with Crippen molar-refractivity contribution >= 4 is 0 Å². The lowest BCUT2D eigenvalue weighted by molar-refractivity contribution is 0.422. The summed E-state index contributed by atoms with van der Waals surface area (Å²) in [5.41, 5.74) is 16.5. The molecule has 11 rings (SSSR count). The fourth-order valence-corrected chi connectivity index (χ4v) is 9.52. The normalized spacial score (nSPS) is 14.7. The van der Waals surface area contributed by atoms with Crippen molar-refractivity contribution in [2.45, 2.75) is 24.7 Å². The van der Waals surface area contributed by atoms with E-state index in [1.54, 1.807) is 0 Å². The molecule has 2 heterocycles. The van der Waals surface area contributed by atoms with Crippen molar-refractivity contribution in [1.29, 1.82) is 0 Å². The maximum atomic E-state index is 7.18. The Balaban J connectivity index is 1.19. The van der Waals surface area contributed by atoms with Crippen LogP contribution in [0.25, 0.3) is 56.2 Å². The molecule has 8 aromatic rings. The Kier molecular flexibility index (Phi) is 6.22. The standard InChI is InChI=1S/C50H34N2O/c1-49(2)40-26-15-22-35(43-30-42(31-16-5-3-6-17-31)51-48(52-43)32-18-7-4-8-19-32)45(40)36-28-29-41-47(46(36)49)53-44-27-14-13-25-39(44)50(41)37-23-11-9-20-33(37)34-21-10-12-24-38(34)50/h3-30H,1-2H3. The summed E-state index contributed by atoms with van der Waals surface area (Å²) in [6, 6.07) is 60.7. The maximum Gasteiger partial charge on any atom is 0.160 e. The lowest BCUT2D eigenvalue weighted by atomic mass is 9.65. The molecule has 0 radical (unpaired) electrons. The predicted molar refractivity (Wildman–Crippen MR) is 213 cm³/mol. The van der Waals surface area contributed by atoms with E-state index >= 15 is 0 Å². The molecule has 0 N–H and O–H groups in total. The van der Waals surface area contributed by atoms with Gasteiger partial charge in [0.15, 0.2) is 5.82 Å². The Labute approximate surface area is 309 Å². The first kappa shape index (κ1) is 30.1. The van der Waals surface area contributed by atoms with Crippen LogP contribution in [-0.4, -0.2) is 9.97 Å². The summed E-state index contributed by atoms with van der Waals surface area (Å²) < 4.78 is 7.18. The number of rotatable bonds is 3. The Morgan fingerprint density at radius 2 is 1.00 bits per heavy atom. The van der Waals surface area contributed by atoms with Crippen molar-refractivity contribution in [1.82, 2.24) is 9.97 Å². The molecule has 250 valence electrons. The predicted octanol–water partition coefficient (Wildman–Crippen LogP) is 12.3. The van der Waals surface area contributed by atoms with E-state index < -0.39 is 5.41 Å². The molecule has 0 fully saturated rings. The molecule has 0 unspecified atom stereocenters. The van der Waals surface area contributed by atoms with E-state index in [-0.39, 0.29) is 5.41 Å². The van der Waals surface area contributed by atoms with Crippen LogP contribution in [0.3, 0.4) is 0 Å². The van der Waals surface area contributed by atoms with E-state index in [4.69, 9.17) is 14.7 Å². The van der Waals surface area contributed by atoms with E-state index in [0.717, 1.165) is 39.6 Å². The summed E-state index contributed by atoms with van der Waals surface area (Å²) in [4.78, 5) is 10.4. The highest BCUT2D eigenvalue weighted by molar-refractivity contribution is 5.96. The van der Waals surface area contributed by atoms with Crippen molar-refractivity contribution in [3.63, 3.8) is 0 Å². The van der Waals surface area contributed by atoms with Gasteiger partial charge in [0.2, 0.25) is 0 Å². The Morgan fingerprint density at radius 3 is 1.72 bits per heavy atom. The van der Waals surface area contributed by atoms with Gasteiger partial charge in [-0.05, 0) is 51.1 Å². The molecule has 7 aromatic carbocycles. The minimum atomic E-state index is -0.512. The zero-order valence-electron chi connectivity index (χ0n) is 29.5. The van der Waals surface area contributed by atoms with Crippen LogP contribution < -0.4 is 4.74 Å². The van der Waals surface area contributed by atoms with Crippen molar-refractivity contribution in [3.05, 3.63) is 203 Å². The summed E-state index contributed by atoms with van der Waals surface area (Å²) >= 11 is 0. The summed E-state index contributed by atoms with van der Waals surface area (Å²) in [6.07, 6.45) is 0. The van der Waals surface area contributed by atoms with Gasteiger partial charge in [0, 0.05) is 38.8 Å². The number of nitrogens with zero attached hydrogens (tertiary/aromatic N) is 2. The van der Waals surface area contributed by atoms with Crippen LogP contribution in [0.2, 0.25) is 0 Å². The van der Waals surface area contributed by atoms with Crippen molar-refractivity contribution in [2.24, 2.45) is 0 Å². The fourth-order valence-electron chi connectivity index (χ4n) is 9.52. The molecule has 2 aliphatic carbocycles. The van der Waals surface area contributed by atoms with Gasteiger partial charge in [-0.3, -0.25) is 0 Å². The Bertz CT molecular complexity index is 2680. The largest absolute Gasteiger partial charge is 0.456 e. The molecule has 3 heteroatoms. The van der Waals surface area contributed by atoms with E-state index in [2.05, 4.69) is 159 Å². The van der Waals surface area contributed by atoms with Gasteiger partial charge in [0.05, 0.1) is 16.8 Å². The van der Waals surface area contributed by atoms with Gasteiger partial charge in [0.1, 0.15) is 11.5 Å². The van der Waals surface area contributed by atoms with E-state index in [1.165, 1.54) is 55.6 Å². The molecule has 0 saturated carbocycles. The van der Waals surface area contributed by atoms with Gasteiger partial charge >= 0.3 is 0 Å². The SMILES string of the molecule is CC1(C)c2cccc(-c3cc(-c4ccccc4)nc(-c4ccccc4)n3)c2-c2ccc3c(c21)Oc1ccccc1C31c2ccccc2-c2ccccc21. The van der Waals surface area contributed by atoms with Gasteiger partial charge in [-0.25, -0.2) is 9.97 Å². The van der Waals surface area contributed by atoms with Crippen LogP contribution in [0, 0.1) is 0 Å². The van der Waals surface area contributed by atoms with Gasteiger partial charge in [-0.15, -0.1) is 0 Å². The number of ether oxygens (including phenoxy) is 1. The Hall–Kier alpha value is -6.58. The molecule has 1 spiro atoms. The molecule has 0 saturated heterocycles. The third kappa shape index (κ3) is 4.05. The monoisotopic (exact) mass is 678 g/mol. The molecular weight excluding hydrogens is 645 g/mol. The third-order valence-corrected chi connectivity index (χ3v) is 11.8. The van der Waals surface area contributed by atoms with Crippen LogP contribution in [0.5, 0.6) is 11.5 Å². The van der Waals surface area contributed by atoms with Crippen molar-refractivity contribution in [2.75, 3.05) is 0 Å². The zero-order valence-corrected chi connectivity index (χ0v) is 29.5. The van der Waals surface area contributed by atoms with Gasteiger partial charge in [-0.1, -0.05) is 172 Å².